The Hall–Kier alpha value is -2.93. The Labute approximate surface area is 126 Å². The number of rotatable bonds is 5. The van der Waals surface area contributed by atoms with Gasteiger partial charge in [-0.3, -0.25) is 20.3 Å². The second-order valence-electron chi connectivity index (χ2n) is 4.69. The highest BCUT2D eigenvalue weighted by molar-refractivity contribution is 5.93. The molecule has 2 rings (SSSR count). The molecule has 114 valence electrons. The van der Waals surface area contributed by atoms with Crippen LogP contribution >= 0.6 is 0 Å². The SMILES string of the molecule is Cc1ccc([N+](=O)[O-])c(OCc2cccc(C(=O)NN)c2)c1. The number of nitrogens with zero attached hydrogens (tertiary/aromatic N) is 1. The van der Waals surface area contributed by atoms with E-state index in [0.717, 1.165) is 5.56 Å². The zero-order valence-corrected chi connectivity index (χ0v) is 11.9. The minimum atomic E-state index is -0.493. The van der Waals surface area contributed by atoms with E-state index in [1.807, 2.05) is 12.3 Å². The van der Waals surface area contributed by atoms with Gasteiger partial charge in [-0.05, 0) is 36.2 Å². The molecule has 22 heavy (non-hydrogen) atoms. The first kappa shape index (κ1) is 15.5. The van der Waals surface area contributed by atoms with Crippen molar-refractivity contribution in [2.45, 2.75) is 13.5 Å². The Morgan fingerprint density at radius 1 is 1.32 bits per heavy atom. The van der Waals surface area contributed by atoms with E-state index in [0.29, 0.717) is 11.1 Å². The maximum Gasteiger partial charge on any atom is 0.310 e. The number of ether oxygens (including phenoxy) is 1. The van der Waals surface area contributed by atoms with Gasteiger partial charge in [-0.1, -0.05) is 18.2 Å². The van der Waals surface area contributed by atoms with Crippen LogP contribution in [0.25, 0.3) is 0 Å². The molecule has 3 N–H and O–H groups in total. The maximum atomic E-state index is 11.5. The number of nitro groups is 1. The van der Waals surface area contributed by atoms with Crippen LogP contribution in [0, 0.1) is 17.0 Å². The Morgan fingerprint density at radius 3 is 2.77 bits per heavy atom. The molecule has 0 aromatic heterocycles. The van der Waals surface area contributed by atoms with Gasteiger partial charge < -0.3 is 4.74 Å². The zero-order chi connectivity index (χ0) is 16.1. The normalized spacial score (nSPS) is 10.1. The van der Waals surface area contributed by atoms with Crippen LogP contribution in [0.2, 0.25) is 0 Å². The standard InChI is InChI=1S/C15H15N3O4/c1-10-5-6-13(18(20)21)14(7-10)22-9-11-3-2-4-12(8-11)15(19)17-16/h2-8H,9,16H2,1H3,(H,17,19). The summed E-state index contributed by atoms with van der Waals surface area (Å²) >= 11 is 0. The highest BCUT2D eigenvalue weighted by Gasteiger charge is 2.15. The van der Waals surface area contributed by atoms with E-state index in [1.165, 1.54) is 6.07 Å². The molecule has 0 spiro atoms. The van der Waals surface area contributed by atoms with Gasteiger partial charge in [0, 0.05) is 11.6 Å². The van der Waals surface area contributed by atoms with Crippen molar-refractivity contribution in [3.63, 3.8) is 0 Å². The summed E-state index contributed by atoms with van der Waals surface area (Å²) < 4.78 is 5.53. The number of aryl methyl sites for hydroxylation is 1. The van der Waals surface area contributed by atoms with Crippen LogP contribution in [0.4, 0.5) is 5.69 Å². The minimum Gasteiger partial charge on any atom is -0.482 e. The molecule has 7 heteroatoms. The van der Waals surface area contributed by atoms with Crippen molar-refractivity contribution in [1.29, 1.82) is 0 Å². The molecule has 0 saturated heterocycles. The first-order valence-electron chi connectivity index (χ1n) is 6.49. The van der Waals surface area contributed by atoms with E-state index < -0.39 is 10.8 Å². The van der Waals surface area contributed by atoms with Gasteiger partial charge in [-0.25, -0.2) is 5.84 Å². The first-order chi connectivity index (χ1) is 10.5. The Bertz CT molecular complexity index is 716. The van der Waals surface area contributed by atoms with Crippen LogP contribution < -0.4 is 16.0 Å². The largest absolute Gasteiger partial charge is 0.482 e. The maximum absolute atomic E-state index is 11.5. The summed E-state index contributed by atoms with van der Waals surface area (Å²) in [6.45, 7) is 1.93. The van der Waals surface area contributed by atoms with E-state index in [9.17, 15) is 14.9 Å². The van der Waals surface area contributed by atoms with E-state index >= 15 is 0 Å². The van der Waals surface area contributed by atoms with Gasteiger partial charge in [-0.2, -0.15) is 0 Å². The third-order valence-electron chi connectivity index (χ3n) is 3.03. The highest BCUT2D eigenvalue weighted by atomic mass is 16.6. The third kappa shape index (κ3) is 3.58. The number of nitrogens with two attached hydrogens (primary N) is 1. The lowest BCUT2D eigenvalue weighted by Crippen LogP contribution is -2.30. The lowest BCUT2D eigenvalue weighted by atomic mass is 10.1. The minimum absolute atomic E-state index is 0.0959. The van der Waals surface area contributed by atoms with Gasteiger partial charge in [0.15, 0.2) is 5.75 Å². The summed E-state index contributed by atoms with van der Waals surface area (Å²) in [6.07, 6.45) is 0. The fourth-order valence-corrected chi connectivity index (χ4v) is 1.93. The predicted molar refractivity (Wildman–Crippen MR) is 80.3 cm³/mol. The fraction of sp³-hybridized carbons (Fsp3) is 0.133. The second kappa shape index (κ2) is 6.68. The van der Waals surface area contributed by atoms with Crippen molar-refractivity contribution in [3.05, 3.63) is 69.3 Å². The zero-order valence-electron chi connectivity index (χ0n) is 11.9. The Kier molecular flexibility index (Phi) is 4.70. The average molecular weight is 301 g/mol. The lowest BCUT2D eigenvalue weighted by Gasteiger charge is -2.08. The van der Waals surface area contributed by atoms with Crippen molar-refractivity contribution in [2.75, 3.05) is 0 Å². The number of nitrogen functional groups attached to an aromatic ring is 1. The average Bonchev–Trinajstić information content (AvgIpc) is 2.52. The van der Waals surface area contributed by atoms with Crippen molar-refractivity contribution < 1.29 is 14.5 Å². The summed E-state index contributed by atoms with van der Waals surface area (Å²) in [5.74, 6) is 4.86. The van der Waals surface area contributed by atoms with Crippen molar-refractivity contribution in [2.24, 2.45) is 5.84 Å². The number of hydrazine groups is 1. The summed E-state index contributed by atoms with van der Waals surface area (Å²) in [7, 11) is 0. The van der Waals surface area contributed by atoms with E-state index in [2.05, 4.69) is 0 Å². The number of nitrogens with one attached hydrogen (secondary N) is 1. The number of nitro benzene ring substituents is 1. The van der Waals surface area contributed by atoms with Crippen LogP contribution in [0.15, 0.2) is 42.5 Å². The number of hydrogen-bond acceptors (Lipinski definition) is 5. The van der Waals surface area contributed by atoms with Gasteiger partial charge in [0.1, 0.15) is 6.61 Å². The van der Waals surface area contributed by atoms with Crippen molar-refractivity contribution >= 4 is 11.6 Å². The van der Waals surface area contributed by atoms with Crippen molar-refractivity contribution in [1.82, 2.24) is 5.43 Å². The lowest BCUT2D eigenvalue weighted by molar-refractivity contribution is -0.386. The molecule has 0 bridgehead atoms. The summed E-state index contributed by atoms with van der Waals surface area (Å²) in [5.41, 5.74) is 3.90. The molecule has 0 radical (unpaired) electrons. The van der Waals surface area contributed by atoms with Gasteiger partial charge in [0.05, 0.1) is 4.92 Å². The number of benzene rings is 2. The Balaban J connectivity index is 2.18. The third-order valence-corrected chi connectivity index (χ3v) is 3.03. The molecule has 0 atom stereocenters. The van der Waals surface area contributed by atoms with Crippen LogP contribution in [0.3, 0.4) is 0 Å². The van der Waals surface area contributed by atoms with Crippen LogP contribution in [0.1, 0.15) is 21.5 Å². The van der Waals surface area contributed by atoms with Gasteiger partial charge in [-0.15, -0.1) is 0 Å². The second-order valence-corrected chi connectivity index (χ2v) is 4.69. The van der Waals surface area contributed by atoms with E-state index in [-0.39, 0.29) is 18.0 Å². The first-order valence-corrected chi connectivity index (χ1v) is 6.49. The number of carbonyl (C=O) groups excluding carboxylic acids is 1. The molecule has 0 aliphatic heterocycles. The van der Waals surface area contributed by atoms with E-state index in [4.69, 9.17) is 10.6 Å². The van der Waals surface area contributed by atoms with Gasteiger partial charge in [0.2, 0.25) is 0 Å². The van der Waals surface area contributed by atoms with Crippen molar-refractivity contribution in [3.8, 4) is 5.75 Å². The van der Waals surface area contributed by atoms with Gasteiger partial charge in [0.25, 0.3) is 5.91 Å². The van der Waals surface area contributed by atoms with Crippen LogP contribution in [-0.2, 0) is 6.61 Å². The van der Waals surface area contributed by atoms with Crippen LogP contribution in [0.5, 0.6) is 5.75 Å². The molecule has 2 aromatic carbocycles. The molecule has 0 heterocycles. The highest BCUT2D eigenvalue weighted by Crippen LogP contribution is 2.28. The molecule has 0 fully saturated rings. The number of amides is 1. The molecule has 7 nitrogen and oxygen atoms in total. The smallest absolute Gasteiger partial charge is 0.310 e. The monoisotopic (exact) mass is 301 g/mol. The molecule has 0 unspecified atom stereocenters. The topological polar surface area (TPSA) is 107 Å². The quantitative estimate of drug-likeness (QED) is 0.380. The van der Waals surface area contributed by atoms with E-state index in [1.54, 1.807) is 36.4 Å². The molecular weight excluding hydrogens is 286 g/mol. The number of carbonyl (C=O) groups is 1. The molecule has 0 aliphatic rings. The number of hydrogen-bond donors (Lipinski definition) is 2. The summed E-state index contributed by atoms with van der Waals surface area (Å²) in [5, 5.41) is 11.0. The molecule has 0 aliphatic carbocycles. The molecule has 2 aromatic rings. The Morgan fingerprint density at radius 2 is 2.09 bits per heavy atom. The summed E-state index contributed by atoms with van der Waals surface area (Å²) in [4.78, 5) is 22.0. The fourth-order valence-electron chi connectivity index (χ4n) is 1.93. The molecule has 1 amide bonds. The predicted octanol–water partition coefficient (Wildman–Crippen LogP) is 2.09. The molecular formula is C15H15N3O4. The van der Waals surface area contributed by atoms with Crippen LogP contribution in [-0.4, -0.2) is 10.8 Å². The van der Waals surface area contributed by atoms with Gasteiger partial charge >= 0.3 is 5.69 Å². The summed E-state index contributed by atoms with van der Waals surface area (Å²) in [6, 6.07) is 11.3. The molecule has 0 saturated carbocycles.